The number of allylic oxidation sites excluding steroid dienone is 2. The Labute approximate surface area is 236 Å². The fraction of sp³-hybridized carbons (Fsp3) is 0.536. The van der Waals surface area contributed by atoms with E-state index < -0.39 is 12.1 Å². The lowest BCUT2D eigenvalue weighted by molar-refractivity contribution is -0.124. The molecule has 11 heteroatoms. The summed E-state index contributed by atoms with van der Waals surface area (Å²) in [6.45, 7) is 5.84. The van der Waals surface area contributed by atoms with Crippen LogP contribution in [0.4, 0.5) is 0 Å². The Morgan fingerprint density at radius 3 is 2.51 bits per heavy atom. The molecule has 5 atom stereocenters. The lowest BCUT2D eigenvalue weighted by Crippen LogP contribution is -2.67. The topological polar surface area (TPSA) is 134 Å². The molecule has 0 spiro atoms. The summed E-state index contributed by atoms with van der Waals surface area (Å²) < 4.78 is 11.9. The van der Waals surface area contributed by atoms with E-state index in [0.717, 1.165) is 21.2 Å². The van der Waals surface area contributed by atoms with Gasteiger partial charge in [0.2, 0.25) is 11.7 Å². The van der Waals surface area contributed by atoms with Crippen molar-refractivity contribution in [1.29, 1.82) is 0 Å². The summed E-state index contributed by atoms with van der Waals surface area (Å²) in [6.07, 6.45) is 0.991. The highest BCUT2D eigenvalue weighted by molar-refractivity contribution is 9.10. The molecule has 3 heterocycles. The number of phenols is 1. The number of nitrogens with one attached hydrogen (secondary N) is 1. The lowest BCUT2D eigenvalue weighted by atomic mass is 9.71. The van der Waals surface area contributed by atoms with Gasteiger partial charge < -0.3 is 25.6 Å². The van der Waals surface area contributed by atoms with Gasteiger partial charge in [0.05, 0.1) is 32.3 Å². The molecule has 1 aliphatic carbocycles. The standard InChI is InChI=1S/C28H35BrN4O6/c1-11-21(29)15-7-14-10-33-17(22(32(14)4)20(15)25(36)26(11)38-5)8-16-19(18(33)9-31-28(37)13(3)30)24(35)27(39-6)12(2)23(16)34/h13-14,17-18,22,36H,7-10,30H2,1-6H3,(H,31,37). The average molecular weight is 604 g/mol. The van der Waals surface area contributed by atoms with Crippen LogP contribution in [0.3, 0.4) is 0 Å². The minimum absolute atomic E-state index is 0.0437. The predicted octanol–water partition coefficient (Wildman–Crippen LogP) is 1.66. The molecule has 0 saturated carbocycles. The molecule has 10 nitrogen and oxygen atoms in total. The van der Waals surface area contributed by atoms with Crippen LogP contribution in [-0.2, 0) is 25.5 Å². The molecule has 3 aliphatic heterocycles. The van der Waals surface area contributed by atoms with Crippen LogP contribution in [-0.4, -0.2) is 90.9 Å². The van der Waals surface area contributed by atoms with Gasteiger partial charge in [0.15, 0.2) is 23.0 Å². The number of methoxy groups -OCH3 is 2. The van der Waals surface area contributed by atoms with E-state index in [2.05, 4.69) is 31.0 Å². The van der Waals surface area contributed by atoms with E-state index in [1.165, 1.54) is 14.2 Å². The third-order valence-electron chi connectivity index (χ3n) is 8.86. The smallest absolute Gasteiger partial charge is 0.236 e. The third-order valence-corrected chi connectivity index (χ3v) is 9.94. The molecule has 39 heavy (non-hydrogen) atoms. The van der Waals surface area contributed by atoms with Crippen LogP contribution in [0, 0.1) is 6.92 Å². The summed E-state index contributed by atoms with van der Waals surface area (Å²) in [5, 5.41) is 14.4. The second-order valence-corrected chi connectivity index (χ2v) is 11.7. The van der Waals surface area contributed by atoms with Crippen molar-refractivity contribution in [2.24, 2.45) is 5.73 Å². The Balaban J connectivity index is 1.68. The molecule has 1 fully saturated rings. The summed E-state index contributed by atoms with van der Waals surface area (Å²) in [5.41, 5.74) is 9.53. The van der Waals surface area contributed by atoms with Gasteiger partial charge in [0.1, 0.15) is 0 Å². The first kappa shape index (κ1) is 27.8. The quantitative estimate of drug-likeness (QED) is 0.430. The maximum atomic E-state index is 13.7. The van der Waals surface area contributed by atoms with Crippen molar-refractivity contribution in [1.82, 2.24) is 15.1 Å². The lowest BCUT2D eigenvalue weighted by Gasteiger charge is -2.58. The van der Waals surface area contributed by atoms with Crippen molar-refractivity contribution in [2.45, 2.75) is 63.8 Å². The van der Waals surface area contributed by atoms with Crippen molar-refractivity contribution < 1.29 is 29.0 Å². The van der Waals surface area contributed by atoms with Crippen LogP contribution in [0.15, 0.2) is 27.0 Å². The van der Waals surface area contributed by atoms with E-state index in [1.54, 1.807) is 13.8 Å². The highest BCUT2D eigenvalue weighted by atomic mass is 79.9. The summed E-state index contributed by atoms with van der Waals surface area (Å²) >= 11 is 3.76. The highest BCUT2D eigenvalue weighted by Gasteiger charge is 2.54. The Morgan fingerprint density at radius 2 is 1.90 bits per heavy atom. The number of amides is 1. The minimum atomic E-state index is -0.720. The number of hydrogen-bond acceptors (Lipinski definition) is 9. The Morgan fingerprint density at radius 1 is 1.21 bits per heavy atom. The van der Waals surface area contributed by atoms with Crippen LogP contribution in [0.5, 0.6) is 11.5 Å². The molecule has 4 N–H and O–H groups in total. The average Bonchev–Trinajstić information content (AvgIpc) is 2.89. The zero-order valence-corrected chi connectivity index (χ0v) is 24.6. The van der Waals surface area contributed by atoms with Crippen molar-refractivity contribution in [3.63, 3.8) is 0 Å². The number of carbonyl (C=O) groups excluding carboxylic acids is 3. The molecule has 5 unspecified atom stereocenters. The van der Waals surface area contributed by atoms with Crippen molar-refractivity contribution in [3.8, 4) is 11.5 Å². The van der Waals surface area contributed by atoms with E-state index in [9.17, 15) is 19.5 Å². The second kappa shape index (κ2) is 10.0. The van der Waals surface area contributed by atoms with E-state index in [4.69, 9.17) is 15.2 Å². The number of fused-ring (bicyclic) bond motifs is 6. The number of hydrogen-bond donors (Lipinski definition) is 3. The second-order valence-electron chi connectivity index (χ2n) is 10.9. The van der Waals surface area contributed by atoms with Gasteiger partial charge in [-0.15, -0.1) is 0 Å². The molecule has 1 aromatic rings. The van der Waals surface area contributed by atoms with Gasteiger partial charge in [-0.05, 0) is 46.2 Å². The Kier molecular flexibility index (Phi) is 7.15. The van der Waals surface area contributed by atoms with Gasteiger partial charge in [0.25, 0.3) is 0 Å². The molecule has 1 aromatic carbocycles. The normalized spacial score (nSPS) is 27.6. The number of likely N-dealkylation sites (N-methyl/N-ethyl adjacent to an activating group) is 1. The van der Waals surface area contributed by atoms with E-state index >= 15 is 0 Å². The number of ether oxygens (including phenoxy) is 2. The largest absolute Gasteiger partial charge is 0.504 e. The molecule has 2 bridgehead atoms. The Bertz CT molecular complexity index is 1350. The monoisotopic (exact) mass is 602 g/mol. The van der Waals surface area contributed by atoms with Gasteiger partial charge >= 0.3 is 0 Å². The molecule has 0 aromatic heterocycles. The molecule has 5 rings (SSSR count). The van der Waals surface area contributed by atoms with Crippen LogP contribution in [0.2, 0.25) is 0 Å². The van der Waals surface area contributed by atoms with Crippen molar-refractivity contribution in [3.05, 3.63) is 43.6 Å². The van der Waals surface area contributed by atoms with Gasteiger partial charge in [-0.1, -0.05) is 15.9 Å². The first-order valence-corrected chi connectivity index (χ1v) is 13.9. The molecular weight excluding hydrogens is 568 g/mol. The molecule has 0 radical (unpaired) electrons. The SMILES string of the molecule is COC1=C(C)C(=O)C2=C(C1=O)C(CNC(=O)C(C)N)N1CC3Cc4c(Br)c(C)c(OC)c(O)c4C(C1C2)N3C. The van der Waals surface area contributed by atoms with Gasteiger partial charge in [-0.3, -0.25) is 24.2 Å². The third kappa shape index (κ3) is 4.04. The zero-order chi connectivity index (χ0) is 28.5. The number of ketones is 2. The summed E-state index contributed by atoms with van der Waals surface area (Å²) in [6, 6.07) is -1.74. The zero-order valence-electron chi connectivity index (χ0n) is 23.1. The fourth-order valence-electron chi connectivity index (χ4n) is 6.90. The van der Waals surface area contributed by atoms with E-state index in [-0.39, 0.29) is 59.2 Å². The number of carbonyl (C=O) groups is 3. The van der Waals surface area contributed by atoms with Crippen LogP contribution < -0.4 is 15.8 Å². The first-order chi connectivity index (χ1) is 18.4. The summed E-state index contributed by atoms with van der Waals surface area (Å²) in [5.74, 6) is -0.340. The predicted molar refractivity (Wildman–Crippen MR) is 147 cm³/mol. The maximum absolute atomic E-state index is 13.7. The van der Waals surface area contributed by atoms with Gasteiger partial charge in [0, 0.05) is 57.5 Å². The number of rotatable bonds is 5. The molecule has 4 aliphatic rings. The van der Waals surface area contributed by atoms with E-state index in [1.807, 2.05) is 14.0 Å². The molecular formula is C28H35BrN4O6. The number of benzene rings is 1. The summed E-state index contributed by atoms with van der Waals surface area (Å²) in [7, 11) is 4.96. The molecule has 1 saturated heterocycles. The van der Waals surface area contributed by atoms with E-state index in [0.29, 0.717) is 36.3 Å². The van der Waals surface area contributed by atoms with Crippen molar-refractivity contribution in [2.75, 3.05) is 34.4 Å². The summed E-state index contributed by atoms with van der Waals surface area (Å²) in [4.78, 5) is 44.3. The van der Waals surface area contributed by atoms with Gasteiger partial charge in [-0.25, -0.2) is 0 Å². The minimum Gasteiger partial charge on any atom is -0.504 e. The van der Waals surface area contributed by atoms with Crippen LogP contribution >= 0.6 is 15.9 Å². The highest BCUT2D eigenvalue weighted by Crippen LogP contribution is 2.54. The Hall–Kier alpha value is -2.73. The van der Waals surface area contributed by atoms with Gasteiger partial charge in [-0.2, -0.15) is 0 Å². The maximum Gasteiger partial charge on any atom is 0.236 e. The number of halogens is 1. The fourth-order valence-corrected chi connectivity index (χ4v) is 7.46. The van der Waals surface area contributed by atoms with Crippen LogP contribution in [0.1, 0.15) is 43.0 Å². The number of phenolic OH excluding ortho intramolecular Hbond substituents is 1. The molecule has 1 amide bonds. The first-order valence-electron chi connectivity index (χ1n) is 13.1. The number of nitrogens with two attached hydrogens (primary N) is 1. The number of piperazine rings is 1. The van der Waals surface area contributed by atoms with Crippen LogP contribution in [0.25, 0.3) is 0 Å². The van der Waals surface area contributed by atoms with Crippen molar-refractivity contribution >= 4 is 33.4 Å². The molecule has 210 valence electrons. The number of nitrogens with zero attached hydrogens (tertiary/aromatic N) is 2. The number of aromatic hydroxyl groups is 1. The number of Topliss-reactive ketones (excluding diaryl/α,β-unsaturated/α-hetero) is 2.